The summed E-state index contributed by atoms with van der Waals surface area (Å²) in [6.07, 6.45) is -1.45. The summed E-state index contributed by atoms with van der Waals surface area (Å²) in [5.74, 6) is 2.03. The number of ether oxygens (including phenoxy) is 2. The second-order valence-corrected chi connectivity index (χ2v) is 9.43. The lowest BCUT2D eigenvalue weighted by atomic mass is 9.92. The van der Waals surface area contributed by atoms with E-state index in [0.717, 1.165) is 17.1 Å². The van der Waals surface area contributed by atoms with Crippen LogP contribution in [0.15, 0.2) is 35.5 Å². The Hall–Kier alpha value is -0.730. The Kier molecular flexibility index (Phi) is 7.69. The molecule has 1 N–H and O–H groups in total. The number of aliphatic hydroxyl groups is 1. The molecule has 1 saturated heterocycles. The van der Waals surface area contributed by atoms with E-state index in [9.17, 15) is 5.11 Å². The molecule has 3 rings (SSSR count). The second-order valence-electron chi connectivity index (χ2n) is 6.29. The smallest absolute Gasteiger partial charge is 0.127 e. The van der Waals surface area contributed by atoms with Gasteiger partial charge in [-0.2, -0.15) is 0 Å². The molecule has 26 heavy (non-hydrogen) atoms. The normalized spacial score (nSPS) is 26.3. The minimum absolute atomic E-state index is 0.0622. The first-order valence-corrected chi connectivity index (χ1v) is 11.2. The van der Waals surface area contributed by atoms with Gasteiger partial charge in [-0.25, -0.2) is 0 Å². The monoisotopic (exact) mass is 397 g/mol. The van der Waals surface area contributed by atoms with Gasteiger partial charge in [0.1, 0.15) is 24.9 Å². The minimum atomic E-state index is -0.783. The van der Waals surface area contributed by atoms with Gasteiger partial charge in [0.15, 0.2) is 0 Å². The van der Waals surface area contributed by atoms with Gasteiger partial charge in [0, 0.05) is 0 Å². The zero-order valence-corrected chi connectivity index (χ0v) is 16.9. The molecule has 0 saturated carbocycles. The fourth-order valence-electron chi connectivity index (χ4n) is 3.21. The Morgan fingerprint density at radius 3 is 2.62 bits per heavy atom. The Morgan fingerprint density at radius 2 is 1.92 bits per heavy atom. The summed E-state index contributed by atoms with van der Waals surface area (Å²) < 4.78 is 12.6. The van der Waals surface area contributed by atoms with Crippen molar-refractivity contribution in [3.8, 4) is 0 Å². The van der Waals surface area contributed by atoms with Gasteiger partial charge >= 0.3 is 0 Å². The van der Waals surface area contributed by atoms with Crippen LogP contribution in [0.25, 0.3) is 0 Å². The molecule has 1 aromatic carbocycles. The molecule has 0 spiro atoms. The van der Waals surface area contributed by atoms with Crippen molar-refractivity contribution in [2.75, 3.05) is 24.7 Å². The molecule has 2 heterocycles. The lowest BCUT2D eigenvalue weighted by Gasteiger charge is -2.39. The first-order valence-electron chi connectivity index (χ1n) is 9.12. The fraction of sp³-hybridized carbons (Fsp3) is 0.632. The fourth-order valence-corrected chi connectivity index (χ4v) is 5.92. The summed E-state index contributed by atoms with van der Waals surface area (Å²) in [7, 11) is 0. The van der Waals surface area contributed by atoms with Gasteiger partial charge in [-0.3, -0.25) is 0 Å². The van der Waals surface area contributed by atoms with Crippen molar-refractivity contribution in [1.82, 2.24) is 0 Å². The van der Waals surface area contributed by atoms with E-state index in [1.165, 1.54) is 0 Å². The minimum Gasteiger partial charge on any atom is -0.395 e. The third-order valence-electron chi connectivity index (χ3n) is 4.51. The highest BCUT2D eigenvalue weighted by atomic mass is 32.2. The van der Waals surface area contributed by atoms with Crippen LogP contribution in [0.3, 0.4) is 0 Å². The van der Waals surface area contributed by atoms with Gasteiger partial charge in [0.25, 0.3) is 0 Å². The van der Waals surface area contributed by atoms with Crippen molar-refractivity contribution in [3.05, 3.63) is 35.9 Å². The number of hydrogen-bond donors (Lipinski definition) is 1. The summed E-state index contributed by atoms with van der Waals surface area (Å²) in [6, 6.07) is 10.1. The van der Waals surface area contributed by atoms with E-state index in [0.29, 0.717) is 25.5 Å². The maximum atomic E-state index is 10.9. The molecular weight excluding hydrogens is 370 g/mol. The highest BCUT2D eigenvalue weighted by molar-refractivity contribution is 8.17. The second kappa shape index (κ2) is 9.99. The van der Waals surface area contributed by atoms with E-state index >= 15 is 0 Å². The molecule has 1 aromatic rings. The SMILES string of the molecule is CCSC(SCC)[C@H](OCc1ccccc1)[C@H]1OC[C@@H]2CON=C2[C@H]1O. The first kappa shape index (κ1) is 20.0. The summed E-state index contributed by atoms with van der Waals surface area (Å²) in [4.78, 5) is 5.17. The maximum Gasteiger partial charge on any atom is 0.127 e. The number of nitrogens with zero attached hydrogens (tertiary/aromatic N) is 1. The molecule has 0 bridgehead atoms. The van der Waals surface area contributed by atoms with E-state index in [1.807, 2.05) is 41.7 Å². The molecule has 0 amide bonds. The van der Waals surface area contributed by atoms with E-state index < -0.39 is 12.2 Å². The number of aliphatic hydroxyl groups excluding tert-OH is 1. The van der Waals surface area contributed by atoms with Crippen LogP contribution in [-0.2, 0) is 20.9 Å². The van der Waals surface area contributed by atoms with Gasteiger partial charge in [-0.1, -0.05) is 49.3 Å². The topological polar surface area (TPSA) is 60.3 Å². The quantitative estimate of drug-likeness (QED) is 0.646. The van der Waals surface area contributed by atoms with E-state index in [4.69, 9.17) is 14.3 Å². The largest absolute Gasteiger partial charge is 0.395 e. The zero-order valence-electron chi connectivity index (χ0n) is 15.2. The molecule has 0 radical (unpaired) electrons. The van der Waals surface area contributed by atoms with Crippen molar-refractivity contribution in [1.29, 1.82) is 0 Å². The predicted octanol–water partition coefficient (Wildman–Crippen LogP) is 3.17. The third-order valence-corrected chi connectivity index (χ3v) is 7.18. The molecule has 2 aliphatic rings. The maximum absolute atomic E-state index is 10.9. The molecule has 2 aliphatic heterocycles. The number of rotatable bonds is 9. The lowest BCUT2D eigenvalue weighted by Crippen LogP contribution is -2.54. The van der Waals surface area contributed by atoms with Crippen molar-refractivity contribution in [3.63, 3.8) is 0 Å². The molecule has 0 aliphatic carbocycles. The molecular formula is C19H27NO4S2. The highest BCUT2D eigenvalue weighted by Gasteiger charge is 2.46. The van der Waals surface area contributed by atoms with Crippen molar-refractivity contribution in [2.24, 2.45) is 11.1 Å². The summed E-state index contributed by atoms with van der Waals surface area (Å²) in [5, 5.41) is 14.9. The Balaban J connectivity index is 1.76. The summed E-state index contributed by atoms with van der Waals surface area (Å²) >= 11 is 3.68. The number of hydrogen-bond acceptors (Lipinski definition) is 7. The lowest BCUT2D eigenvalue weighted by molar-refractivity contribution is -0.120. The van der Waals surface area contributed by atoms with Crippen LogP contribution in [0.2, 0.25) is 0 Å². The standard InChI is InChI=1S/C19H27NO4S2/c1-3-25-19(26-4-2)18(22-10-13-8-6-5-7-9-13)17-16(21)15-14(11-23-17)12-24-20-15/h5-9,14,16-19,21H,3-4,10-12H2,1-2H3/t14-,16-,17+,18-/m1/s1. The zero-order chi connectivity index (χ0) is 18.4. The van der Waals surface area contributed by atoms with E-state index in [-0.39, 0.29) is 16.6 Å². The number of oxime groups is 1. The summed E-state index contributed by atoms with van der Waals surface area (Å²) in [6.45, 7) is 5.80. The van der Waals surface area contributed by atoms with E-state index in [1.54, 1.807) is 0 Å². The van der Waals surface area contributed by atoms with Crippen LogP contribution in [0.1, 0.15) is 19.4 Å². The van der Waals surface area contributed by atoms with Gasteiger partial charge in [-0.05, 0) is 17.1 Å². The molecule has 7 heteroatoms. The molecule has 144 valence electrons. The van der Waals surface area contributed by atoms with Crippen LogP contribution >= 0.6 is 23.5 Å². The molecule has 0 unspecified atom stereocenters. The first-order chi connectivity index (χ1) is 12.7. The number of thioether (sulfide) groups is 2. The van der Waals surface area contributed by atoms with Crippen molar-refractivity contribution < 1.29 is 19.4 Å². The van der Waals surface area contributed by atoms with Gasteiger partial charge in [-0.15, -0.1) is 23.5 Å². The van der Waals surface area contributed by atoms with Gasteiger partial charge < -0.3 is 19.4 Å². The highest BCUT2D eigenvalue weighted by Crippen LogP contribution is 2.35. The van der Waals surface area contributed by atoms with Gasteiger partial charge in [0.2, 0.25) is 0 Å². The van der Waals surface area contributed by atoms with Crippen LogP contribution in [-0.4, -0.2) is 58.4 Å². The Bertz CT molecular complexity index is 580. The van der Waals surface area contributed by atoms with E-state index in [2.05, 4.69) is 31.1 Å². The van der Waals surface area contributed by atoms with Crippen LogP contribution in [0.4, 0.5) is 0 Å². The summed E-state index contributed by atoms with van der Waals surface area (Å²) in [5.41, 5.74) is 1.82. The average Bonchev–Trinajstić information content (AvgIpc) is 3.14. The third kappa shape index (κ3) is 4.75. The Labute approximate surface area is 163 Å². The van der Waals surface area contributed by atoms with Crippen LogP contribution in [0.5, 0.6) is 0 Å². The number of fused-ring (bicyclic) bond motifs is 1. The van der Waals surface area contributed by atoms with Crippen molar-refractivity contribution >= 4 is 29.2 Å². The average molecular weight is 398 g/mol. The molecule has 1 fully saturated rings. The number of benzene rings is 1. The Morgan fingerprint density at radius 1 is 1.19 bits per heavy atom. The van der Waals surface area contributed by atoms with Crippen molar-refractivity contribution in [2.45, 2.75) is 43.3 Å². The predicted molar refractivity (Wildman–Crippen MR) is 108 cm³/mol. The molecule has 4 atom stereocenters. The molecule has 0 aromatic heterocycles. The molecule has 5 nitrogen and oxygen atoms in total. The van der Waals surface area contributed by atoms with Crippen LogP contribution < -0.4 is 0 Å². The van der Waals surface area contributed by atoms with Crippen LogP contribution in [0, 0.1) is 5.92 Å². The van der Waals surface area contributed by atoms with Gasteiger partial charge in [0.05, 0.1) is 29.4 Å².